The van der Waals surface area contributed by atoms with Gasteiger partial charge in [-0.1, -0.05) is 13.8 Å². The Balaban J connectivity index is 2.32. The average molecular weight is 411 g/mol. The summed E-state index contributed by atoms with van der Waals surface area (Å²) in [6.45, 7) is 9.77. The molecule has 0 fully saturated rings. The average Bonchev–Trinajstić information content (AvgIpc) is 3.04. The van der Waals surface area contributed by atoms with Crippen molar-refractivity contribution in [3.63, 3.8) is 0 Å². The van der Waals surface area contributed by atoms with E-state index in [4.69, 9.17) is 9.84 Å². The van der Waals surface area contributed by atoms with Gasteiger partial charge in [-0.15, -0.1) is 5.10 Å². The van der Waals surface area contributed by atoms with Gasteiger partial charge in [-0.2, -0.15) is 0 Å². The number of hydrogen-bond acceptors (Lipinski definition) is 4. The van der Waals surface area contributed by atoms with E-state index < -0.39 is 0 Å². The van der Waals surface area contributed by atoms with E-state index in [1.54, 1.807) is 7.11 Å². The molecule has 0 saturated carbocycles. The third-order valence-electron chi connectivity index (χ3n) is 5.95. The molecule has 0 spiro atoms. The van der Waals surface area contributed by atoms with Gasteiger partial charge in [-0.3, -0.25) is 9.36 Å². The largest absolute Gasteiger partial charge is 0.497 e. The fourth-order valence-corrected chi connectivity index (χ4v) is 4.13. The number of methoxy groups -OCH3 is 1. The summed E-state index contributed by atoms with van der Waals surface area (Å²) in [6, 6.07) is 8.05. The van der Waals surface area contributed by atoms with Crippen molar-refractivity contribution in [2.75, 3.05) is 27.7 Å². The quantitative estimate of drug-likeness (QED) is 0.557. The summed E-state index contributed by atoms with van der Waals surface area (Å²) in [5.74, 6) is 1.86. The van der Waals surface area contributed by atoms with Crippen LogP contribution in [0.15, 0.2) is 29.1 Å². The van der Waals surface area contributed by atoms with Gasteiger partial charge in [0.05, 0.1) is 7.11 Å². The molecule has 0 amide bonds. The van der Waals surface area contributed by atoms with E-state index in [1.807, 2.05) is 55.2 Å². The lowest BCUT2D eigenvalue weighted by atomic mass is 9.95. The minimum atomic E-state index is 0.0343. The number of likely N-dealkylation sites (N-methyl/N-ethyl adjacent to an activating group) is 1. The maximum atomic E-state index is 13.8. The highest BCUT2D eigenvalue weighted by Gasteiger charge is 2.22. The van der Waals surface area contributed by atoms with E-state index in [0.717, 1.165) is 53.0 Å². The molecule has 0 saturated heterocycles. The third-order valence-corrected chi connectivity index (χ3v) is 5.95. The van der Waals surface area contributed by atoms with E-state index in [1.165, 1.54) is 0 Å². The molecule has 2 heterocycles. The van der Waals surface area contributed by atoms with Crippen LogP contribution in [0.2, 0.25) is 0 Å². The molecule has 3 rings (SSSR count). The Bertz CT molecular complexity index is 1090. The maximum Gasteiger partial charge on any atom is 0.278 e. The smallest absolute Gasteiger partial charge is 0.278 e. The second kappa shape index (κ2) is 9.04. The van der Waals surface area contributed by atoms with Gasteiger partial charge in [-0.05, 0) is 82.1 Å². The lowest BCUT2D eigenvalue weighted by molar-refractivity contribution is 0.380. The normalized spacial score (nSPS) is 11.8. The van der Waals surface area contributed by atoms with Crippen LogP contribution < -0.4 is 10.3 Å². The van der Waals surface area contributed by atoms with Crippen LogP contribution in [-0.2, 0) is 6.54 Å². The Kier molecular flexibility index (Phi) is 6.66. The van der Waals surface area contributed by atoms with E-state index in [0.29, 0.717) is 18.3 Å². The van der Waals surface area contributed by atoms with Gasteiger partial charge in [0, 0.05) is 24.3 Å². The highest BCUT2D eigenvalue weighted by Crippen LogP contribution is 2.30. The molecule has 6 heteroatoms. The second-order valence-electron chi connectivity index (χ2n) is 8.28. The highest BCUT2D eigenvalue weighted by molar-refractivity contribution is 5.65. The standard InChI is InChI=1S/C24H34N4O2/c1-8-18(9-2)21-15-17(4)28-22(21)24(29)27(13-12-26(5)6)23(25-28)20-11-10-19(30-7)14-16(20)3/h10-11,14-15,18H,8-9,12-13H2,1-7H3. The Morgan fingerprint density at radius 2 is 1.83 bits per heavy atom. The van der Waals surface area contributed by atoms with E-state index in [2.05, 4.69) is 24.8 Å². The first-order chi connectivity index (χ1) is 14.3. The van der Waals surface area contributed by atoms with E-state index in [-0.39, 0.29) is 5.56 Å². The van der Waals surface area contributed by atoms with Gasteiger partial charge in [0.1, 0.15) is 11.3 Å². The van der Waals surface area contributed by atoms with Crippen LogP contribution >= 0.6 is 0 Å². The van der Waals surface area contributed by atoms with Gasteiger partial charge in [0.15, 0.2) is 5.82 Å². The molecule has 0 N–H and O–H groups in total. The number of benzene rings is 1. The lowest BCUT2D eigenvalue weighted by Gasteiger charge is -2.18. The topological polar surface area (TPSA) is 51.8 Å². The lowest BCUT2D eigenvalue weighted by Crippen LogP contribution is -2.31. The first-order valence-electron chi connectivity index (χ1n) is 10.7. The molecule has 6 nitrogen and oxygen atoms in total. The first kappa shape index (κ1) is 22.1. The Labute approximate surface area is 179 Å². The van der Waals surface area contributed by atoms with Crippen LogP contribution in [0.25, 0.3) is 16.9 Å². The van der Waals surface area contributed by atoms with Crippen molar-refractivity contribution in [2.24, 2.45) is 0 Å². The molecule has 2 aromatic heterocycles. The minimum Gasteiger partial charge on any atom is -0.497 e. The predicted molar refractivity (Wildman–Crippen MR) is 123 cm³/mol. The molecular formula is C24H34N4O2. The zero-order valence-electron chi connectivity index (χ0n) is 19.3. The molecule has 0 bridgehead atoms. The van der Waals surface area contributed by atoms with Gasteiger partial charge in [0.25, 0.3) is 5.56 Å². The van der Waals surface area contributed by atoms with Crippen molar-refractivity contribution < 1.29 is 4.74 Å². The SMILES string of the molecule is CCC(CC)c1cc(C)n2nc(-c3ccc(OC)cc3C)n(CCN(C)C)c(=O)c12. The van der Waals surface area contributed by atoms with Crippen molar-refractivity contribution in [1.29, 1.82) is 0 Å². The van der Waals surface area contributed by atoms with Crippen LogP contribution in [0.1, 0.15) is 49.4 Å². The molecule has 30 heavy (non-hydrogen) atoms. The summed E-state index contributed by atoms with van der Waals surface area (Å²) >= 11 is 0. The summed E-state index contributed by atoms with van der Waals surface area (Å²) in [5.41, 5.74) is 4.85. The number of rotatable bonds is 8. The Morgan fingerprint density at radius 1 is 1.13 bits per heavy atom. The number of fused-ring (bicyclic) bond motifs is 1. The Morgan fingerprint density at radius 3 is 2.40 bits per heavy atom. The van der Waals surface area contributed by atoms with Crippen LogP contribution in [0.4, 0.5) is 0 Å². The predicted octanol–water partition coefficient (Wildman–Crippen LogP) is 4.25. The summed E-state index contributed by atoms with van der Waals surface area (Å²) in [5, 5.41) is 4.99. The summed E-state index contributed by atoms with van der Waals surface area (Å²) in [6.07, 6.45) is 2.01. The molecule has 1 aromatic carbocycles. The number of aryl methyl sites for hydroxylation is 2. The van der Waals surface area contributed by atoms with Gasteiger partial charge in [0.2, 0.25) is 0 Å². The monoisotopic (exact) mass is 410 g/mol. The molecule has 0 aliphatic heterocycles. The molecule has 0 atom stereocenters. The number of nitrogens with zero attached hydrogens (tertiary/aromatic N) is 4. The van der Waals surface area contributed by atoms with Gasteiger partial charge in [-0.25, -0.2) is 4.52 Å². The number of aromatic nitrogens is 3. The van der Waals surface area contributed by atoms with Gasteiger partial charge >= 0.3 is 0 Å². The molecule has 0 radical (unpaired) electrons. The first-order valence-corrected chi connectivity index (χ1v) is 10.7. The summed E-state index contributed by atoms with van der Waals surface area (Å²) < 4.78 is 9.05. The van der Waals surface area contributed by atoms with Crippen molar-refractivity contribution in [2.45, 2.75) is 53.0 Å². The second-order valence-corrected chi connectivity index (χ2v) is 8.28. The Hall–Kier alpha value is -2.60. The molecular weight excluding hydrogens is 376 g/mol. The summed E-state index contributed by atoms with van der Waals surface area (Å²) in [4.78, 5) is 15.9. The van der Waals surface area contributed by atoms with Gasteiger partial charge < -0.3 is 9.64 Å². The van der Waals surface area contributed by atoms with Crippen molar-refractivity contribution in [3.05, 3.63) is 51.4 Å². The molecule has 162 valence electrons. The highest BCUT2D eigenvalue weighted by atomic mass is 16.5. The van der Waals surface area contributed by atoms with Crippen molar-refractivity contribution in [3.8, 4) is 17.1 Å². The minimum absolute atomic E-state index is 0.0343. The molecule has 0 aliphatic rings. The van der Waals surface area contributed by atoms with Crippen LogP contribution in [-0.4, -0.2) is 46.8 Å². The van der Waals surface area contributed by atoms with Crippen molar-refractivity contribution >= 4 is 5.52 Å². The van der Waals surface area contributed by atoms with Crippen molar-refractivity contribution in [1.82, 2.24) is 19.1 Å². The van der Waals surface area contributed by atoms with E-state index in [9.17, 15) is 4.79 Å². The molecule has 0 aliphatic carbocycles. The number of ether oxygens (including phenoxy) is 1. The maximum absolute atomic E-state index is 13.8. The number of hydrogen-bond donors (Lipinski definition) is 0. The van der Waals surface area contributed by atoms with Crippen LogP contribution in [0.5, 0.6) is 5.75 Å². The zero-order valence-corrected chi connectivity index (χ0v) is 19.3. The molecule has 3 aromatic rings. The summed E-state index contributed by atoms with van der Waals surface area (Å²) in [7, 11) is 5.70. The fraction of sp³-hybridized carbons (Fsp3) is 0.500. The third kappa shape index (κ3) is 4.01. The van der Waals surface area contributed by atoms with Crippen LogP contribution in [0, 0.1) is 13.8 Å². The zero-order chi connectivity index (χ0) is 22.0. The molecule has 0 unspecified atom stereocenters. The van der Waals surface area contributed by atoms with Crippen LogP contribution in [0.3, 0.4) is 0 Å². The fourth-order valence-electron chi connectivity index (χ4n) is 4.13. The van der Waals surface area contributed by atoms with E-state index >= 15 is 0 Å².